The van der Waals surface area contributed by atoms with Crippen molar-refractivity contribution in [2.45, 2.75) is 20.3 Å². The van der Waals surface area contributed by atoms with Crippen LogP contribution < -0.4 is 5.73 Å². The summed E-state index contributed by atoms with van der Waals surface area (Å²) < 4.78 is 0. The van der Waals surface area contributed by atoms with Crippen LogP contribution in [0.3, 0.4) is 0 Å². The van der Waals surface area contributed by atoms with Gasteiger partial charge in [-0.2, -0.15) is 5.10 Å². The Kier molecular flexibility index (Phi) is 2.29. The van der Waals surface area contributed by atoms with Crippen LogP contribution in [0.5, 0.6) is 0 Å². The van der Waals surface area contributed by atoms with Gasteiger partial charge in [-0.05, 0) is 30.4 Å². The molecule has 0 amide bonds. The normalized spacial score (nSPS) is 10.7. The number of H-pyrrole nitrogens is 1. The lowest BCUT2D eigenvalue weighted by atomic mass is 10.1. The maximum atomic E-state index is 5.76. The van der Waals surface area contributed by atoms with Gasteiger partial charge in [0.05, 0.1) is 10.6 Å². The maximum Gasteiger partial charge on any atom is 0.149 e. The topological polar surface area (TPSA) is 54.7 Å². The van der Waals surface area contributed by atoms with Crippen molar-refractivity contribution in [1.29, 1.82) is 0 Å². The number of nitrogens with two attached hydrogens (primary N) is 1. The molecule has 0 saturated carbocycles. The number of hydrogen-bond acceptors (Lipinski definition) is 3. The molecule has 0 unspecified atom stereocenters. The zero-order valence-corrected chi connectivity index (χ0v) is 9.11. The molecule has 0 aromatic carbocycles. The van der Waals surface area contributed by atoms with Crippen LogP contribution in [0, 0.1) is 6.92 Å². The number of nitrogens with zero attached hydrogens (tertiary/aromatic N) is 1. The predicted molar refractivity (Wildman–Crippen MR) is 60.4 cm³/mol. The quantitative estimate of drug-likeness (QED) is 0.795. The summed E-state index contributed by atoms with van der Waals surface area (Å²) >= 11 is 1.72. The highest BCUT2D eigenvalue weighted by Gasteiger charge is 2.11. The lowest BCUT2D eigenvalue weighted by Gasteiger charge is -1.96. The van der Waals surface area contributed by atoms with Crippen molar-refractivity contribution in [3.05, 3.63) is 22.6 Å². The van der Waals surface area contributed by atoms with E-state index in [9.17, 15) is 0 Å². The highest BCUT2D eigenvalue weighted by molar-refractivity contribution is 7.13. The average Bonchev–Trinajstić information content (AvgIpc) is 2.71. The van der Waals surface area contributed by atoms with Gasteiger partial charge in [0, 0.05) is 5.56 Å². The van der Waals surface area contributed by atoms with E-state index in [2.05, 4.69) is 35.5 Å². The summed E-state index contributed by atoms with van der Waals surface area (Å²) in [4.78, 5) is 1.21. The maximum absolute atomic E-state index is 5.76. The lowest BCUT2D eigenvalue weighted by molar-refractivity contribution is 1.11. The van der Waals surface area contributed by atoms with Crippen LogP contribution in [0.2, 0.25) is 0 Å². The summed E-state index contributed by atoms with van der Waals surface area (Å²) in [6.07, 6.45) is 0.911. The van der Waals surface area contributed by atoms with E-state index in [0.29, 0.717) is 5.82 Å². The van der Waals surface area contributed by atoms with Crippen LogP contribution in [-0.2, 0) is 6.42 Å². The number of thiophene rings is 1. The number of nitrogen functional groups attached to an aromatic ring is 1. The van der Waals surface area contributed by atoms with Crippen LogP contribution in [0.25, 0.3) is 10.6 Å². The number of aromatic amines is 1. The van der Waals surface area contributed by atoms with Crippen LogP contribution in [-0.4, -0.2) is 10.2 Å². The van der Waals surface area contributed by atoms with Crippen LogP contribution in [0.15, 0.2) is 11.4 Å². The van der Waals surface area contributed by atoms with Gasteiger partial charge < -0.3 is 5.73 Å². The third-order valence-electron chi connectivity index (χ3n) is 2.23. The number of aromatic nitrogens is 2. The Labute approximate surface area is 87.0 Å². The first kappa shape index (κ1) is 9.27. The summed E-state index contributed by atoms with van der Waals surface area (Å²) in [5.41, 5.74) is 9.23. The number of hydrogen-bond donors (Lipinski definition) is 2. The Morgan fingerprint density at radius 1 is 1.57 bits per heavy atom. The van der Waals surface area contributed by atoms with E-state index in [4.69, 9.17) is 5.73 Å². The Morgan fingerprint density at radius 2 is 2.36 bits per heavy atom. The zero-order valence-electron chi connectivity index (χ0n) is 8.29. The first-order valence-corrected chi connectivity index (χ1v) is 5.48. The highest BCUT2D eigenvalue weighted by atomic mass is 32.1. The largest absolute Gasteiger partial charge is 0.382 e. The number of nitrogens with one attached hydrogen (secondary N) is 1. The number of rotatable bonds is 2. The SMILES string of the molecule is CCc1c(N)n[nH]c1-c1cc(C)cs1. The fourth-order valence-electron chi connectivity index (χ4n) is 1.50. The minimum atomic E-state index is 0.619. The average molecular weight is 207 g/mol. The van der Waals surface area contributed by atoms with Gasteiger partial charge in [-0.3, -0.25) is 5.10 Å². The smallest absolute Gasteiger partial charge is 0.149 e. The zero-order chi connectivity index (χ0) is 10.1. The van der Waals surface area contributed by atoms with E-state index >= 15 is 0 Å². The molecule has 14 heavy (non-hydrogen) atoms. The monoisotopic (exact) mass is 207 g/mol. The fourth-order valence-corrected chi connectivity index (χ4v) is 2.42. The predicted octanol–water partition coefficient (Wildman–Crippen LogP) is 2.59. The second-order valence-corrected chi connectivity index (χ2v) is 4.22. The van der Waals surface area contributed by atoms with E-state index in [1.54, 1.807) is 11.3 Å². The van der Waals surface area contributed by atoms with Gasteiger partial charge in [0.15, 0.2) is 0 Å². The van der Waals surface area contributed by atoms with E-state index in [-0.39, 0.29) is 0 Å². The molecule has 0 saturated heterocycles. The minimum absolute atomic E-state index is 0.619. The Balaban J connectivity index is 2.51. The van der Waals surface area contributed by atoms with Gasteiger partial charge in [-0.1, -0.05) is 6.92 Å². The van der Waals surface area contributed by atoms with E-state index in [1.807, 2.05) is 0 Å². The number of aryl methyl sites for hydroxylation is 1. The van der Waals surface area contributed by atoms with Crippen molar-refractivity contribution in [3.8, 4) is 10.6 Å². The fraction of sp³-hybridized carbons (Fsp3) is 0.300. The second kappa shape index (κ2) is 3.46. The third-order valence-corrected chi connectivity index (χ3v) is 3.30. The Bertz CT molecular complexity index is 442. The van der Waals surface area contributed by atoms with Gasteiger partial charge in [-0.15, -0.1) is 11.3 Å². The van der Waals surface area contributed by atoms with Gasteiger partial charge in [0.2, 0.25) is 0 Å². The van der Waals surface area contributed by atoms with Crippen LogP contribution >= 0.6 is 11.3 Å². The molecule has 0 aliphatic carbocycles. The summed E-state index contributed by atoms with van der Waals surface area (Å²) in [5.74, 6) is 0.619. The van der Waals surface area contributed by atoms with Crippen molar-refractivity contribution in [1.82, 2.24) is 10.2 Å². The van der Waals surface area contributed by atoms with E-state index in [0.717, 1.165) is 17.7 Å². The molecule has 3 nitrogen and oxygen atoms in total. The van der Waals surface area contributed by atoms with Crippen molar-refractivity contribution in [3.63, 3.8) is 0 Å². The summed E-state index contributed by atoms with van der Waals surface area (Å²) in [7, 11) is 0. The summed E-state index contributed by atoms with van der Waals surface area (Å²) in [6.45, 7) is 4.18. The van der Waals surface area contributed by atoms with Crippen molar-refractivity contribution < 1.29 is 0 Å². The van der Waals surface area contributed by atoms with Crippen molar-refractivity contribution >= 4 is 17.2 Å². The Morgan fingerprint density at radius 3 is 2.93 bits per heavy atom. The van der Waals surface area contributed by atoms with E-state index in [1.165, 1.54) is 10.4 Å². The molecular formula is C10H13N3S. The molecule has 0 aliphatic rings. The molecule has 3 N–H and O–H groups in total. The van der Waals surface area contributed by atoms with Crippen LogP contribution in [0.4, 0.5) is 5.82 Å². The van der Waals surface area contributed by atoms with Crippen LogP contribution in [0.1, 0.15) is 18.1 Å². The molecule has 2 rings (SSSR count). The highest BCUT2D eigenvalue weighted by Crippen LogP contribution is 2.30. The molecule has 0 bridgehead atoms. The third kappa shape index (κ3) is 1.42. The minimum Gasteiger partial charge on any atom is -0.382 e. The first-order chi connectivity index (χ1) is 6.72. The summed E-state index contributed by atoms with van der Waals surface area (Å²) in [6, 6.07) is 2.15. The molecule has 74 valence electrons. The van der Waals surface area contributed by atoms with E-state index < -0.39 is 0 Å². The molecule has 2 aromatic rings. The van der Waals surface area contributed by atoms with Gasteiger partial charge in [-0.25, -0.2) is 0 Å². The molecule has 0 atom stereocenters. The lowest BCUT2D eigenvalue weighted by Crippen LogP contribution is -1.90. The molecule has 0 aliphatic heterocycles. The van der Waals surface area contributed by atoms with Gasteiger partial charge in [0.1, 0.15) is 5.82 Å². The van der Waals surface area contributed by atoms with Crippen molar-refractivity contribution in [2.24, 2.45) is 0 Å². The molecular weight excluding hydrogens is 194 g/mol. The molecule has 4 heteroatoms. The molecule has 2 aromatic heterocycles. The molecule has 0 radical (unpaired) electrons. The standard InChI is InChI=1S/C10H13N3S/c1-3-7-9(12-13-10(7)11)8-4-6(2)5-14-8/h4-5H,3H2,1-2H3,(H3,11,12,13). The van der Waals surface area contributed by atoms with Gasteiger partial charge in [0.25, 0.3) is 0 Å². The Hall–Kier alpha value is -1.29. The summed E-state index contributed by atoms with van der Waals surface area (Å²) in [5, 5.41) is 9.15. The molecule has 0 fully saturated rings. The second-order valence-electron chi connectivity index (χ2n) is 3.30. The molecule has 2 heterocycles. The molecule has 0 spiro atoms. The number of anilines is 1. The van der Waals surface area contributed by atoms with Crippen molar-refractivity contribution in [2.75, 3.05) is 5.73 Å². The first-order valence-electron chi connectivity index (χ1n) is 4.60. The van der Waals surface area contributed by atoms with Gasteiger partial charge >= 0.3 is 0 Å².